The van der Waals surface area contributed by atoms with Gasteiger partial charge >= 0.3 is 6.18 Å². The van der Waals surface area contributed by atoms with Crippen molar-refractivity contribution in [2.45, 2.75) is 19.5 Å². The Hall–Kier alpha value is -2.04. The third-order valence-electron chi connectivity index (χ3n) is 2.70. The van der Waals surface area contributed by atoms with Crippen LogP contribution in [0.15, 0.2) is 40.8 Å². The van der Waals surface area contributed by atoms with E-state index in [1.807, 2.05) is 0 Å². The molecule has 0 aliphatic carbocycles. The first-order valence-electron chi connectivity index (χ1n) is 5.73. The van der Waals surface area contributed by atoms with Crippen LogP contribution in [0.2, 0.25) is 0 Å². The van der Waals surface area contributed by atoms with Crippen LogP contribution in [0.1, 0.15) is 29.5 Å². The van der Waals surface area contributed by atoms with E-state index in [0.29, 0.717) is 0 Å². The van der Waals surface area contributed by atoms with Gasteiger partial charge in [-0.2, -0.15) is 13.2 Å². The summed E-state index contributed by atoms with van der Waals surface area (Å²) in [5.74, 6) is -0.116. The van der Waals surface area contributed by atoms with Crippen LogP contribution in [0.25, 0.3) is 11.3 Å². The molecule has 2 rings (SSSR count). The Balaban J connectivity index is 2.48. The molecular weight excluding hydrogens is 257 g/mol. The number of carbonyl (C=O) groups excluding carboxylic acids is 1. The van der Waals surface area contributed by atoms with Gasteiger partial charge in [-0.3, -0.25) is 4.79 Å². The van der Waals surface area contributed by atoms with Crippen molar-refractivity contribution in [3.8, 4) is 11.3 Å². The molecule has 1 aromatic carbocycles. The van der Waals surface area contributed by atoms with Crippen molar-refractivity contribution in [3.63, 3.8) is 0 Å². The van der Waals surface area contributed by atoms with Crippen molar-refractivity contribution in [2.24, 2.45) is 0 Å². The molecule has 0 fully saturated rings. The van der Waals surface area contributed by atoms with Crippen LogP contribution in [0.4, 0.5) is 13.2 Å². The van der Waals surface area contributed by atoms with E-state index >= 15 is 0 Å². The van der Waals surface area contributed by atoms with Gasteiger partial charge in [-0.1, -0.05) is 25.1 Å². The SMILES string of the molecule is CCC(=O)c1ccc(-c2ccccc2C(F)(F)F)o1. The maximum absolute atomic E-state index is 12.9. The lowest BCUT2D eigenvalue weighted by Gasteiger charge is -2.10. The molecule has 0 bridgehead atoms. The van der Waals surface area contributed by atoms with Crippen LogP contribution < -0.4 is 0 Å². The lowest BCUT2D eigenvalue weighted by atomic mass is 10.1. The van der Waals surface area contributed by atoms with E-state index in [2.05, 4.69) is 0 Å². The molecule has 0 unspecified atom stereocenters. The fourth-order valence-electron chi connectivity index (χ4n) is 1.75. The molecule has 2 aromatic rings. The first-order valence-corrected chi connectivity index (χ1v) is 5.73. The van der Waals surface area contributed by atoms with Crippen molar-refractivity contribution in [3.05, 3.63) is 47.7 Å². The predicted molar refractivity (Wildman–Crippen MR) is 63.8 cm³/mol. The van der Waals surface area contributed by atoms with E-state index in [1.165, 1.54) is 30.3 Å². The summed E-state index contributed by atoms with van der Waals surface area (Å²) in [7, 11) is 0. The van der Waals surface area contributed by atoms with E-state index in [9.17, 15) is 18.0 Å². The summed E-state index contributed by atoms with van der Waals surface area (Å²) >= 11 is 0. The molecule has 100 valence electrons. The molecule has 0 aliphatic heterocycles. The minimum atomic E-state index is -4.46. The quantitative estimate of drug-likeness (QED) is 0.764. The first-order chi connectivity index (χ1) is 8.93. The fraction of sp³-hybridized carbons (Fsp3) is 0.214. The summed E-state index contributed by atoms with van der Waals surface area (Å²) in [6.45, 7) is 1.66. The molecule has 0 aliphatic rings. The molecule has 0 saturated heterocycles. The van der Waals surface area contributed by atoms with Gasteiger partial charge in [0.2, 0.25) is 0 Å². The zero-order valence-corrected chi connectivity index (χ0v) is 10.1. The summed E-state index contributed by atoms with van der Waals surface area (Å²) in [5.41, 5.74) is -0.843. The lowest BCUT2D eigenvalue weighted by Crippen LogP contribution is -2.06. The van der Waals surface area contributed by atoms with Crippen LogP contribution in [-0.2, 0) is 6.18 Å². The summed E-state index contributed by atoms with van der Waals surface area (Å²) in [4.78, 5) is 11.4. The van der Waals surface area contributed by atoms with Gasteiger partial charge in [0.15, 0.2) is 11.5 Å². The van der Waals surface area contributed by atoms with E-state index in [-0.39, 0.29) is 29.3 Å². The zero-order valence-electron chi connectivity index (χ0n) is 10.1. The monoisotopic (exact) mass is 268 g/mol. The molecule has 1 heterocycles. The third-order valence-corrected chi connectivity index (χ3v) is 2.70. The highest BCUT2D eigenvalue weighted by Crippen LogP contribution is 2.37. The standard InChI is InChI=1S/C14H11F3O2/c1-2-11(18)13-8-7-12(19-13)9-5-3-4-6-10(9)14(15,16)17/h3-8H,2H2,1H3. The summed E-state index contributed by atoms with van der Waals surface area (Å²) in [5, 5.41) is 0. The lowest BCUT2D eigenvalue weighted by molar-refractivity contribution is -0.137. The second-order valence-corrected chi connectivity index (χ2v) is 3.98. The number of alkyl halides is 3. The highest BCUT2D eigenvalue weighted by Gasteiger charge is 2.34. The maximum Gasteiger partial charge on any atom is 0.417 e. The Bertz CT molecular complexity index is 597. The first kappa shape index (κ1) is 13.4. The average molecular weight is 268 g/mol. The Labute approximate surface area is 107 Å². The van der Waals surface area contributed by atoms with Crippen LogP contribution in [0.3, 0.4) is 0 Å². The van der Waals surface area contributed by atoms with Crippen molar-refractivity contribution in [1.82, 2.24) is 0 Å². The van der Waals surface area contributed by atoms with Gasteiger partial charge in [0, 0.05) is 12.0 Å². The molecule has 0 saturated carbocycles. The Morgan fingerprint density at radius 3 is 2.47 bits per heavy atom. The molecule has 0 amide bonds. The molecule has 5 heteroatoms. The molecular formula is C14H11F3O2. The van der Waals surface area contributed by atoms with E-state index in [4.69, 9.17) is 4.42 Å². The van der Waals surface area contributed by atoms with Gasteiger partial charge < -0.3 is 4.42 Å². The summed E-state index contributed by atoms with van der Waals surface area (Å²) in [6, 6.07) is 7.89. The smallest absolute Gasteiger partial charge is 0.417 e. The Kier molecular flexibility index (Phi) is 3.46. The van der Waals surface area contributed by atoms with Gasteiger partial charge in [-0.15, -0.1) is 0 Å². The van der Waals surface area contributed by atoms with Crippen molar-refractivity contribution < 1.29 is 22.4 Å². The molecule has 19 heavy (non-hydrogen) atoms. The number of halogens is 3. The molecule has 1 aromatic heterocycles. The topological polar surface area (TPSA) is 30.2 Å². The second-order valence-electron chi connectivity index (χ2n) is 3.98. The molecule has 0 spiro atoms. The minimum Gasteiger partial charge on any atom is -0.453 e. The van der Waals surface area contributed by atoms with E-state index in [1.54, 1.807) is 6.92 Å². The van der Waals surface area contributed by atoms with Crippen LogP contribution in [0.5, 0.6) is 0 Å². The van der Waals surface area contributed by atoms with Gasteiger partial charge in [0.05, 0.1) is 5.56 Å². The highest BCUT2D eigenvalue weighted by atomic mass is 19.4. The van der Waals surface area contributed by atoms with Gasteiger partial charge in [0.25, 0.3) is 0 Å². The number of hydrogen-bond donors (Lipinski definition) is 0. The molecule has 0 atom stereocenters. The van der Waals surface area contributed by atoms with Gasteiger partial charge in [-0.25, -0.2) is 0 Å². The van der Waals surface area contributed by atoms with Crippen LogP contribution in [0, 0.1) is 0 Å². The number of furan rings is 1. The van der Waals surface area contributed by atoms with E-state index in [0.717, 1.165) is 6.07 Å². The Morgan fingerprint density at radius 2 is 1.84 bits per heavy atom. The number of ketones is 1. The van der Waals surface area contributed by atoms with E-state index < -0.39 is 11.7 Å². The second kappa shape index (κ2) is 4.91. The number of rotatable bonds is 3. The zero-order chi connectivity index (χ0) is 14.0. The average Bonchev–Trinajstić information content (AvgIpc) is 2.86. The highest BCUT2D eigenvalue weighted by molar-refractivity contribution is 5.93. The molecule has 2 nitrogen and oxygen atoms in total. The normalized spacial score (nSPS) is 11.6. The summed E-state index contributed by atoms with van der Waals surface area (Å²) < 4.78 is 43.8. The third kappa shape index (κ3) is 2.70. The van der Waals surface area contributed by atoms with Gasteiger partial charge in [-0.05, 0) is 18.2 Å². The molecule has 0 N–H and O–H groups in total. The number of carbonyl (C=O) groups is 1. The van der Waals surface area contributed by atoms with Crippen LogP contribution in [-0.4, -0.2) is 5.78 Å². The van der Waals surface area contributed by atoms with Crippen LogP contribution >= 0.6 is 0 Å². The van der Waals surface area contributed by atoms with Crippen molar-refractivity contribution >= 4 is 5.78 Å². The summed E-state index contributed by atoms with van der Waals surface area (Å²) in [6.07, 6.45) is -4.22. The predicted octanol–water partition coefficient (Wildman–Crippen LogP) is 4.56. The van der Waals surface area contributed by atoms with Gasteiger partial charge in [0.1, 0.15) is 5.76 Å². The maximum atomic E-state index is 12.9. The Morgan fingerprint density at radius 1 is 1.16 bits per heavy atom. The largest absolute Gasteiger partial charge is 0.453 e. The number of benzene rings is 1. The fourth-order valence-corrected chi connectivity index (χ4v) is 1.75. The minimum absolute atomic E-state index is 0.0460. The number of Topliss-reactive ketones (excluding diaryl/α,β-unsaturated/α-hetero) is 1. The number of hydrogen-bond acceptors (Lipinski definition) is 2. The van der Waals surface area contributed by atoms with Crippen molar-refractivity contribution in [1.29, 1.82) is 0 Å². The van der Waals surface area contributed by atoms with Crippen molar-refractivity contribution in [2.75, 3.05) is 0 Å². The molecule has 0 radical (unpaired) electrons.